The zero-order valence-corrected chi connectivity index (χ0v) is 46.5. The molecular weight excluding hydrogens is 1550 g/mol. The smallest absolute Gasteiger partial charge is 0.314 e. The molecule has 368 valence electrons. The van der Waals surface area contributed by atoms with Gasteiger partial charge >= 0.3 is 11.9 Å². The van der Waals surface area contributed by atoms with Crippen LogP contribution in [-0.4, -0.2) is 200 Å². The van der Waals surface area contributed by atoms with Crippen LogP contribution in [0.15, 0.2) is 0 Å². The van der Waals surface area contributed by atoms with Crippen molar-refractivity contribution in [3.05, 3.63) is 43.7 Å². The van der Waals surface area contributed by atoms with Gasteiger partial charge in [-0.25, -0.2) is 0 Å². The number of benzene rings is 2. The van der Waals surface area contributed by atoms with Crippen LogP contribution in [0.1, 0.15) is 47.9 Å². The van der Waals surface area contributed by atoms with Crippen LogP contribution in [0.4, 0.5) is 11.4 Å². The summed E-state index contributed by atoms with van der Waals surface area (Å²) in [5.41, 5.74) is 1.67. The Morgan fingerprint density at radius 1 is 0.400 bits per heavy atom. The standard InChI is InChI=1S/2C16H22I3N3O7.C3H4O4/c2*17-11-9(15(28)20-1-2-23)12(18)14(21-3-7(26)5-24)13(19)10(11)16(29)22-4-8(27)6-25;4-2(5)1-3(6)7/h2*7-8,21,23-27H,1-6H2,(H,20,28)(H,22,29);1H2,(H,4,5)(H,6,7). The van der Waals surface area contributed by atoms with E-state index in [0.717, 1.165) is 0 Å². The van der Waals surface area contributed by atoms with Crippen LogP contribution < -0.4 is 31.9 Å². The van der Waals surface area contributed by atoms with Gasteiger partial charge in [-0.05, 0) is 136 Å². The normalized spacial score (nSPS) is 12.4. The van der Waals surface area contributed by atoms with Crippen molar-refractivity contribution in [1.82, 2.24) is 21.3 Å². The lowest BCUT2D eigenvalue weighted by atomic mass is 10.1. The molecule has 2 aromatic rings. The van der Waals surface area contributed by atoms with E-state index < -0.39 is 92.8 Å². The summed E-state index contributed by atoms with van der Waals surface area (Å²) in [6.45, 7) is -2.73. The lowest BCUT2D eigenvalue weighted by Gasteiger charge is -2.21. The van der Waals surface area contributed by atoms with E-state index in [-0.39, 0.29) is 74.7 Å². The molecule has 18 N–H and O–H groups in total. The molecule has 30 heteroatoms. The third-order valence-electron chi connectivity index (χ3n) is 7.51. The second-order valence-corrected chi connectivity index (χ2v) is 19.1. The highest BCUT2D eigenvalue weighted by molar-refractivity contribution is 14.1. The third-order valence-corrected chi connectivity index (χ3v) is 14.0. The highest BCUT2D eigenvalue weighted by atomic mass is 127. The van der Waals surface area contributed by atoms with Crippen LogP contribution in [0.5, 0.6) is 0 Å². The molecule has 0 aromatic heterocycles. The van der Waals surface area contributed by atoms with E-state index in [1.54, 1.807) is 0 Å². The monoisotopic (exact) mass is 1600 g/mol. The van der Waals surface area contributed by atoms with Crippen molar-refractivity contribution in [3.63, 3.8) is 0 Å². The van der Waals surface area contributed by atoms with Crippen LogP contribution in [0.2, 0.25) is 0 Å². The van der Waals surface area contributed by atoms with Crippen molar-refractivity contribution in [2.75, 3.05) is 89.5 Å². The van der Waals surface area contributed by atoms with Gasteiger partial charge in [0.2, 0.25) is 0 Å². The maximum absolute atomic E-state index is 12.7. The van der Waals surface area contributed by atoms with E-state index in [1.165, 1.54) is 0 Å². The SMILES string of the molecule is O=C(NCCO)c1c(I)c(NCC(O)CO)c(I)c(C(=O)NCC(O)CO)c1I.O=C(NCCO)c1c(I)c(NCC(O)CO)c(I)c(C(=O)NCC(O)CO)c1I.O=C(O)CC(=O)O. The molecule has 0 spiro atoms. The minimum absolute atomic E-state index is 0.00885. The lowest BCUT2D eigenvalue weighted by molar-refractivity contribution is -0.147. The van der Waals surface area contributed by atoms with E-state index >= 15 is 0 Å². The van der Waals surface area contributed by atoms with Gasteiger partial charge in [0.05, 0.1) is 112 Å². The number of aliphatic hydroxyl groups is 10. The highest BCUT2D eigenvalue weighted by Gasteiger charge is 2.30. The Balaban J connectivity index is 0.00000110. The van der Waals surface area contributed by atoms with Gasteiger partial charge in [-0.15, -0.1) is 0 Å². The van der Waals surface area contributed by atoms with Gasteiger partial charge in [0, 0.05) is 46.4 Å². The number of hydrogen-bond donors (Lipinski definition) is 18. The Morgan fingerprint density at radius 2 is 0.646 bits per heavy atom. The summed E-state index contributed by atoms with van der Waals surface area (Å²) in [7, 11) is 0. The van der Waals surface area contributed by atoms with Crippen molar-refractivity contribution >= 4 is 182 Å². The van der Waals surface area contributed by atoms with Gasteiger partial charge in [-0.2, -0.15) is 0 Å². The average Bonchev–Trinajstić information content (AvgIpc) is 3.25. The number of carboxylic acid groups (broad SMARTS) is 2. The van der Waals surface area contributed by atoms with Gasteiger partial charge in [0.15, 0.2) is 0 Å². The number of anilines is 2. The first-order chi connectivity index (χ1) is 30.5. The van der Waals surface area contributed by atoms with Crippen molar-refractivity contribution in [2.45, 2.75) is 30.8 Å². The van der Waals surface area contributed by atoms with Gasteiger partial charge in [0.1, 0.15) is 6.42 Å². The molecule has 0 bridgehead atoms. The highest BCUT2D eigenvalue weighted by Crippen LogP contribution is 2.37. The topological polar surface area (TPSA) is 417 Å². The van der Waals surface area contributed by atoms with E-state index in [2.05, 4.69) is 31.9 Å². The number of amides is 4. The second kappa shape index (κ2) is 34.2. The lowest BCUT2D eigenvalue weighted by Crippen LogP contribution is -2.36. The fourth-order valence-electron chi connectivity index (χ4n) is 4.38. The summed E-state index contributed by atoms with van der Waals surface area (Å²) in [5, 5.41) is 124. The number of carboxylic acids is 2. The number of aliphatic hydroxyl groups excluding tert-OH is 10. The summed E-state index contributed by atoms with van der Waals surface area (Å²) < 4.78 is 2.72. The van der Waals surface area contributed by atoms with Crippen LogP contribution in [-0.2, 0) is 9.59 Å². The molecule has 0 aliphatic rings. The first-order valence-electron chi connectivity index (χ1n) is 18.3. The third kappa shape index (κ3) is 22.0. The van der Waals surface area contributed by atoms with Crippen molar-refractivity contribution in [2.24, 2.45) is 0 Å². The summed E-state index contributed by atoms with van der Waals surface area (Å²) >= 11 is 11.6. The first-order valence-corrected chi connectivity index (χ1v) is 24.8. The number of aliphatic carboxylic acids is 2. The van der Waals surface area contributed by atoms with Gasteiger partial charge in [-0.1, -0.05) is 0 Å². The Labute approximate surface area is 452 Å². The van der Waals surface area contributed by atoms with Crippen LogP contribution >= 0.6 is 136 Å². The largest absolute Gasteiger partial charge is 0.481 e. The number of carbonyl (C=O) groups excluding carboxylic acids is 4. The predicted molar refractivity (Wildman–Crippen MR) is 282 cm³/mol. The van der Waals surface area contributed by atoms with E-state index in [1.807, 2.05) is 136 Å². The Morgan fingerprint density at radius 3 is 0.862 bits per heavy atom. The molecular formula is C35H48I6N6O18. The Kier molecular flexibility index (Phi) is 33.6. The molecule has 4 unspecified atom stereocenters. The molecule has 65 heavy (non-hydrogen) atoms. The summed E-state index contributed by atoms with van der Waals surface area (Å²) in [5.74, 6) is -4.70. The molecule has 0 aliphatic carbocycles. The molecule has 4 amide bonds. The molecule has 0 fully saturated rings. The van der Waals surface area contributed by atoms with Gasteiger partial charge in [-0.3, -0.25) is 28.8 Å². The molecule has 0 saturated carbocycles. The molecule has 0 aliphatic heterocycles. The van der Waals surface area contributed by atoms with Crippen molar-refractivity contribution in [3.8, 4) is 0 Å². The zero-order chi connectivity index (χ0) is 50.1. The van der Waals surface area contributed by atoms with E-state index in [4.69, 9.17) is 40.9 Å². The fraction of sp³-hybridized carbons (Fsp3) is 0.486. The number of halogens is 6. The number of hydrogen-bond acceptors (Lipinski definition) is 18. The molecule has 2 aromatic carbocycles. The maximum Gasteiger partial charge on any atom is 0.314 e. The fourth-order valence-corrected chi connectivity index (χ4v) is 13.4. The summed E-state index contributed by atoms with van der Waals surface area (Å²) in [6.07, 6.45) is -5.13. The Bertz CT molecular complexity index is 1800. The maximum atomic E-state index is 12.7. The molecule has 0 radical (unpaired) electrons. The average molecular weight is 1600 g/mol. The van der Waals surface area contributed by atoms with Crippen molar-refractivity contribution < 1.29 is 90.0 Å². The number of carbonyl (C=O) groups is 6. The van der Waals surface area contributed by atoms with Gasteiger partial charge in [0.25, 0.3) is 23.6 Å². The van der Waals surface area contributed by atoms with Crippen LogP contribution in [0.25, 0.3) is 0 Å². The van der Waals surface area contributed by atoms with Crippen molar-refractivity contribution in [1.29, 1.82) is 0 Å². The number of rotatable bonds is 24. The summed E-state index contributed by atoms with van der Waals surface area (Å²) in [6, 6.07) is 0. The van der Waals surface area contributed by atoms with Crippen LogP contribution in [0.3, 0.4) is 0 Å². The van der Waals surface area contributed by atoms with Crippen LogP contribution in [0, 0.1) is 21.4 Å². The molecule has 24 nitrogen and oxygen atoms in total. The Hall–Kier alpha value is -1.16. The van der Waals surface area contributed by atoms with Gasteiger partial charge < -0.3 is 93.2 Å². The van der Waals surface area contributed by atoms with E-state index in [9.17, 15) is 49.2 Å². The predicted octanol–water partition coefficient (Wildman–Crippen LogP) is -2.31. The minimum atomic E-state index is -1.31. The molecule has 0 saturated heterocycles. The second-order valence-electron chi connectivity index (χ2n) is 12.6. The first kappa shape index (κ1) is 63.8. The molecule has 4 atom stereocenters. The summed E-state index contributed by atoms with van der Waals surface area (Å²) in [4.78, 5) is 69.6. The number of nitrogens with one attached hydrogen (secondary N) is 6. The quantitative estimate of drug-likeness (QED) is 0.0388. The molecule has 2 rings (SSSR count). The van der Waals surface area contributed by atoms with E-state index in [0.29, 0.717) is 32.8 Å². The zero-order valence-electron chi connectivity index (χ0n) is 33.6. The minimum Gasteiger partial charge on any atom is -0.481 e. The molecule has 0 heterocycles.